The molecule has 112 valence electrons. The van der Waals surface area contributed by atoms with Crippen LogP contribution < -0.4 is 0 Å². The smallest absolute Gasteiger partial charge is 0.393 e. The maximum Gasteiger partial charge on any atom is 0.393 e. The number of hydrogen-bond acceptors (Lipinski definition) is 2. The maximum absolute atomic E-state index is 13.1. The van der Waals surface area contributed by atoms with Crippen molar-refractivity contribution in [2.45, 2.75) is 56.3 Å². The minimum atomic E-state index is -4.33. The predicted molar refractivity (Wildman–Crippen MR) is 58.9 cm³/mol. The van der Waals surface area contributed by atoms with Crippen LogP contribution in [0.1, 0.15) is 32.1 Å². The Morgan fingerprint density at radius 3 is 2.16 bits per heavy atom. The Bertz CT molecular complexity index is 310. The molecule has 2 nitrogen and oxygen atoms in total. The van der Waals surface area contributed by atoms with Gasteiger partial charge in [-0.05, 0) is 19.3 Å². The van der Waals surface area contributed by atoms with Crippen LogP contribution in [0.2, 0.25) is 0 Å². The van der Waals surface area contributed by atoms with Gasteiger partial charge in [0.05, 0.1) is 12.0 Å². The van der Waals surface area contributed by atoms with Crippen molar-refractivity contribution in [2.24, 2.45) is 5.92 Å². The lowest BCUT2D eigenvalue weighted by Crippen LogP contribution is -2.54. The number of halogens is 5. The SMILES string of the molecule is OC1CCC(C(F)(F)F)C(N2CCC(F)(F)CC2)C1. The fourth-order valence-electron chi connectivity index (χ4n) is 3.09. The lowest BCUT2D eigenvalue weighted by molar-refractivity contribution is -0.208. The van der Waals surface area contributed by atoms with Crippen molar-refractivity contribution in [1.29, 1.82) is 0 Å². The zero-order chi connectivity index (χ0) is 14.3. The predicted octanol–water partition coefficient (Wildman–Crippen LogP) is 2.81. The average Bonchev–Trinajstić information content (AvgIpc) is 2.27. The van der Waals surface area contributed by atoms with Crippen LogP contribution >= 0.6 is 0 Å². The first-order valence-corrected chi connectivity index (χ1v) is 6.56. The van der Waals surface area contributed by atoms with Gasteiger partial charge in [-0.2, -0.15) is 13.2 Å². The van der Waals surface area contributed by atoms with E-state index in [4.69, 9.17) is 0 Å². The van der Waals surface area contributed by atoms with Crippen LogP contribution in [-0.4, -0.2) is 47.3 Å². The molecule has 3 unspecified atom stereocenters. The Labute approximate surface area is 108 Å². The molecule has 1 saturated heterocycles. The summed E-state index contributed by atoms with van der Waals surface area (Å²) in [6, 6.07) is -0.861. The molecule has 0 aromatic rings. The van der Waals surface area contributed by atoms with Crippen molar-refractivity contribution in [2.75, 3.05) is 13.1 Å². The monoisotopic (exact) mass is 287 g/mol. The number of aliphatic hydroxyl groups is 1. The van der Waals surface area contributed by atoms with Crippen molar-refractivity contribution in [3.8, 4) is 0 Å². The molecule has 0 amide bonds. The van der Waals surface area contributed by atoms with Crippen LogP contribution in [0.15, 0.2) is 0 Å². The summed E-state index contributed by atoms with van der Waals surface area (Å²) in [4.78, 5) is 1.48. The third kappa shape index (κ3) is 3.56. The number of alkyl halides is 5. The summed E-state index contributed by atoms with van der Waals surface area (Å²) < 4.78 is 65.0. The quantitative estimate of drug-likeness (QED) is 0.750. The van der Waals surface area contributed by atoms with Crippen molar-refractivity contribution >= 4 is 0 Å². The summed E-state index contributed by atoms with van der Waals surface area (Å²) >= 11 is 0. The molecule has 1 aliphatic carbocycles. The number of hydrogen-bond donors (Lipinski definition) is 1. The number of piperidine rings is 1. The van der Waals surface area contributed by atoms with Gasteiger partial charge in [-0.25, -0.2) is 8.78 Å². The molecule has 19 heavy (non-hydrogen) atoms. The number of rotatable bonds is 1. The highest BCUT2D eigenvalue weighted by atomic mass is 19.4. The summed E-state index contributed by atoms with van der Waals surface area (Å²) in [6.07, 6.45) is -5.85. The second-order valence-electron chi connectivity index (χ2n) is 5.57. The average molecular weight is 287 g/mol. The molecule has 2 fully saturated rings. The minimum Gasteiger partial charge on any atom is -0.393 e. The van der Waals surface area contributed by atoms with Crippen molar-refractivity contribution in [1.82, 2.24) is 4.90 Å². The van der Waals surface area contributed by atoms with Crippen molar-refractivity contribution in [3.05, 3.63) is 0 Å². The first kappa shape index (κ1) is 15.0. The number of likely N-dealkylation sites (tertiary alicyclic amines) is 1. The molecule has 0 aromatic carbocycles. The van der Waals surface area contributed by atoms with E-state index in [1.165, 1.54) is 4.90 Å². The molecule has 0 radical (unpaired) electrons. The van der Waals surface area contributed by atoms with Crippen molar-refractivity contribution in [3.63, 3.8) is 0 Å². The van der Waals surface area contributed by atoms with Gasteiger partial charge in [0.2, 0.25) is 0 Å². The summed E-state index contributed by atoms with van der Waals surface area (Å²) in [5, 5.41) is 9.55. The van der Waals surface area contributed by atoms with E-state index in [0.29, 0.717) is 0 Å². The largest absolute Gasteiger partial charge is 0.393 e. The molecule has 1 N–H and O–H groups in total. The second-order valence-corrected chi connectivity index (χ2v) is 5.57. The highest BCUT2D eigenvalue weighted by Crippen LogP contribution is 2.41. The lowest BCUT2D eigenvalue weighted by atomic mass is 9.80. The zero-order valence-electron chi connectivity index (χ0n) is 10.5. The number of nitrogens with zero attached hydrogens (tertiary/aromatic N) is 1. The van der Waals surface area contributed by atoms with Crippen LogP contribution in [-0.2, 0) is 0 Å². The Balaban J connectivity index is 2.06. The number of aliphatic hydroxyl groups excluding tert-OH is 1. The highest BCUT2D eigenvalue weighted by molar-refractivity contribution is 4.92. The fraction of sp³-hybridized carbons (Fsp3) is 1.00. The first-order chi connectivity index (χ1) is 8.69. The van der Waals surface area contributed by atoms with Gasteiger partial charge >= 0.3 is 6.18 Å². The van der Waals surface area contributed by atoms with Crippen LogP contribution in [0, 0.1) is 5.92 Å². The normalized spacial score (nSPS) is 37.3. The summed E-state index contributed by atoms with van der Waals surface area (Å²) in [5.74, 6) is -4.28. The standard InChI is InChI=1S/C12H18F5NO/c13-11(14)3-5-18(6-4-11)10-7-8(19)1-2-9(10)12(15,16)17/h8-10,19H,1-7H2. The third-order valence-electron chi connectivity index (χ3n) is 4.21. The van der Waals surface area contributed by atoms with Crippen LogP contribution in [0.25, 0.3) is 0 Å². The lowest BCUT2D eigenvalue weighted by Gasteiger charge is -2.44. The third-order valence-corrected chi connectivity index (χ3v) is 4.21. The Hall–Kier alpha value is -0.430. The maximum atomic E-state index is 13.1. The summed E-state index contributed by atoms with van der Waals surface area (Å²) in [7, 11) is 0. The molecule has 1 saturated carbocycles. The van der Waals surface area contributed by atoms with Gasteiger partial charge in [0.25, 0.3) is 5.92 Å². The molecule has 0 aromatic heterocycles. The van der Waals surface area contributed by atoms with Gasteiger partial charge in [0, 0.05) is 32.0 Å². The molecule has 1 heterocycles. The molecule has 7 heteroatoms. The molecular weight excluding hydrogens is 269 g/mol. The van der Waals surface area contributed by atoms with E-state index in [0.717, 1.165) is 0 Å². The first-order valence-electron chi connectivity index (χ1n) is 6.56. The molecule has 2 rings (SSSR count). The summed E-state index contributed by atoms with van der Waals surface area (Å²) in [6.45, 7) is -0.0616. The van der Waals surface area contributed by atoms with Gasteiger partial charge in [-0.1, -0.05) is 0 Å². The van der Waals surface area contributed by atoms with Gasteiger partial charge in [-0.3, -0.25) is 4.90 Å². The topological polar surface area (TPSA) is 23.5 Å². The molecule has 0 bridgehead atoms. The molecular formula is C12H18F5NO. The summed E-state index contributed by atoms with van der Waals surface area (Å²) in [5.41, 5.74) is 0. The van der Waals surface area contributed by atoms with Gasteiger partial charge < -0.3 is 5.11 Å². The van der Waals surface area contributed by atoms with E-state index in [1.54, 1.807) is 0 Å². The van der Waals surface area contributed by atoms with E-state index in [9.17, 15) is 27.1 Å². The van der Waals surface area contributed by atoms with Gasteiger partial charge in [0.15, 0.2) is 0 Å². The van der Waals surface area contributed by atoms with Gasteiger partial charge in [-0.15, -0.1) is 0 Å². The van der Waals surface area contributed by atoms with E-state index in [2.05, 4.69) is 0 Å². The Morgan fingerprint density at radius 1 is 1.05 bits per heavy atom. The Morgan fingerprint density at radius 2 is 1.63 bits per heavy atom. The minimum absolute atomic E-state index is 0.0236. The van der Waals surface area contributed by atoms with E-state index in [-0.39, 0.29) is 32.4 Å². The van der Waals surface area contributed by atoms with E-state index >= 15 is 0 Å². The van der Waals surface area contributed by atoms with Crippen LogP contribution in [0.3, 0.4) is 0 Å². The molecule has 0 spiro atoms. The van der Waals surface area contributed by atoms with E-state index in [1.807, 2.05) is 0 Å². The fourth-order valence-corrected chi connectivity index (χ4v) is 3.09. The van der Waals surface area contributed by atoms with Crippen LogP contribution in [0.5, 0.6) is 0 Å². The molecule has 2 aliphatic rings. The van der Waals surface area contributed by atoms with Crippen molar-refractivity contribution < 1.29 is 27.1 Å². The Kier molecular flexibility index (Phi) is 4.07. The van der Waals surface area contributed by atoms with Crippen LogP contribution in [0.4, 0.5) is 22.0 Å². The second kappa shape index (κ2) is 5.16. The van der Waals surface area contributed by atoms with E-state index < -0.39 is 43.0 Å². The zero-order valence-corrected chi connectivity index (χ0v) is 10.5. The highest BCUT2D eigenvalue weighted by Gasteiger charge is 2.50. The molecule has 3 atom stereocenters. The molecule has 1 aliphatic heterocycles. The van der Waals surface area contributed by atoms with Gasteiger partial charge in [0.1, 0.15) is 0 Å².